The molecule has 5 heteroatoms. The van der Waals surface area contributed by atoms with E-state index in [0.29, 0.717) is 5.82 Å². The normalized spacial score (nSPS) is 10.7. The van der Waals surface area contributed by atoms with Crippen LogP contribution in [0.1, 0.15) is 45.9 Å². The molecule has 102 valence electrons. The van der Waals surface area contributed by atoms with Crippen LogP contribution in [0.3, 0.4) is 0 Å². The fraction of sp³-hybridized carbons (Fsp3) is 0.692. The summed E-state index contributed by atoms with van der Waals surface area (Å²) in [6.07, 6.45) is 4.27. The van der Waals surface area contributed by atoms with Crippen molar-refractivity contribution in [1.82, 2.24) is 9.97 Å². The van der Waals surface area contributed by atoms with Crippen LogP contribution in [0, 0.1) is 5.92 Å². The minimum absolute atomic E-state index is 0.666. The molecule has 0 radical (unpaired) electrons. The molecular formula is C13H25N5. The van der Waals surface area contributed by atoms with Gasteiger partial charge in [0.1, 0.15) is 17.5 Å². The van der Waals surface area contributed by atoms with Gasteiger partial charge < -0.3 is 10.7 Å². The number of nitrogens with zero attached hydrogens (tertiary/aromatic N) is 2. The topological polar surface area (TPSA) is 75.9 Å². The van der Waals surface area contributed by atoms with Gasteiger partial charge in [0, 0.05) is 19.0 Å². The molecule has 0 aliphatic rings. The summed E-state index contributed by atoms with van der Waals surface area (Å²) < 4.78 is 0. The highest BCUT2D eigenvalue weighted by Gasteiger charge is 2.03. The first-order chi connectivity index (χ1) is 8.65. The van der Waals surface area contributed by atoms with Crippen molar-refractivity contribution in [2.45, 2.75) is 46.5 Å². The van der Waals surface area contributed by atoms with E-state index in [2.05, 4.69) is 41.5 Å². The van der Waals surface area contributed by atoms with Crippen LogP contribution in [0.15, 0.2) is 6.07 Å². The lowest BCUT2D eigenvalue weighted by molar-refractivity contribution is 0.566. The molecule has 1 aromatic heterocycles. The van der Waals surface area contributed by atoms with Crippen LogP contribution >= 0.6 is 0 Å². The molecule has 1 heterocycles. The van der Waals surface area contributed by atoms with Crippen molar-refractivity contribution in [2.24, 2.45) is 11.8 Å². The fourth-order valence-corrected chi connectivity index (χ4v) is 1.72. The monoisotopic (exact) mass is 251 g/mol. The third-order valence-corrected chi connectivity index (χ3v) is 2.66. The summed E-state index contributed by atoms with van der Waals surface area (Å²) in [7, 11) is 0. The Morgan fingerprint density at radius 3 is 2.61 bits per heavy atom. The molecule has 1 aromatic rings. The largest absolute Gasteiger partial charge is 0.370 e. The lowest BCUT2D eigenvalue weighted by Crippen LogP contribution is -2.13. The third-order valence-electron chi connectivity index (χ3n) is 2.66. The summed E-state index contributed by atoms with van der Waals surface area (Å²) in [5, 5.41) is 3.33. The van der Waals surface area contributed by atoms with Crippen LogP contribution in [0.5, 0.6) is 0 Å². The van der Waals surface area contributed by atoms with Gasteiger partial charge in [-0.15, -0.1) is 0 Å². The minimum Gasteiger partial charge on any atom is -0.370 e. The number of aromatic nitrogens is 2. The molecular weight excluding hydrogens is 226 g/mol. The lowest BCUT2D eigenvalue weighted by atomic mass is 10.1. The highest BCUT2D eigenvalue weighted by atomic mass is 15.3. The van der Waals surface area contributed by atoms with Crippen molar-refractivity contribution in [2.75, 3.05) is 17.3 Å². The number of rotatable bonds is 8. The molecule has 0 atom stereocenters. The average Bonchev–Trinajstić information content (AvgIpc) is 2.34. The van der Waals surface area contributed by atoms with Gasteiger partial charge in [-0.2, -0.15) is 0 Å². The molecule has 1 rings (SSSR count). The third kappa shape index (κ3) is 5.31. The second-order valence-corrected chi connectivity index (χ2v) is 4.91. The SMILES string of the molecule is CCCc1nc(NN)cc(NCCCC(C)C)n1. The van der Waals surface area contributed by atoms with E-state index in [1.54, 1.807) is 0 Å². The van der Waals surface area contributed by atoms with Gasteiger partial charge in [-0.3, -0.25) is 0 Å². The molecule has 0 aliphatic heterocycles. The fourth-order valence-electron chi connectivity index (χ4n) is 1.72. The van der Waals surface area contributed by atoms with Gasteiger partial charge in [0.15, 0.2) is 0 Å². The Balaban J connectivity index is 2.55. The van der Waals surface area contributed by atoms with Crippen molar-refractivity contribution in [3.8, 4) is 0 Å². The first-order valence-corrected chi connectivity index (χ1v) is 6.74. The number of hydrogen-bond donors (Lipinski definition) is 3. The van der Waals surface area contributed by atoms with E-state index in [1.807, 2.05) is 6.07 Å². The zero-order chi connectivity index (χ0) is 13.4. The number of anilines is 2. The molecule has 0 amide bonds. The maximum absolute atomic E-state index is 5.41. The Hall–Kier alpha value is -1.36. The summed E-state index contributed by atoms with van der Waals surface area (Å²) in [5.41, 5.74) is 2.58. The number of nitrogens with two attached hydrogens (primary N) is 1. The van der Waals surface area contributed by atoms with E-state index in [0.717, 1.165) is 43.4 Å². The van der Waals surface area contributed by atoms with Crippen LogP contribution in [0.4, 0.5) is 11.6 Å². The second-order valence-electron chi connectivity index (χ2n) is 4.91. The van der Waals surface area contributed by atoms with E-state index >= 15 is 0 Å². The van der Waals surface area contributed by atoms with Crippen molar-refractivity contribution in [1.29, 1.82) is 0 Å². The van der Waals surface area contributed by atoms with Crippen LogP contribution < -0.4 is 16.6 Å². The van der Waals surface area contributed by atoms with Gasteiger partial charge in [-0.05, 0) is 25.2 Å². The Morgan fingerprint density at radius 1 is 1.28 bits per heavy atom. The molecule has 0 bridgehead atoms. The Labute approximate surface area is 110 Å². The summed E-state index contributed by atoms with van der Waals surface area (Å²) in [6, 6.07) is 1.84. The van der Waals surface area contributed by atoms with Gasteiger partial charge >= 0.3 is 0 Å². The summed E-state index contributed by atoms with van der Waals surface area (Å²) in [6.45, 7) is 7.52. The summed E-state index contributed by atoms with van der Waals surface area (Å²) in [5.74, 6) is 8.51. The molecule has 0 fully saturated rings. The van der Waals surface area contributed by atoms with Gasteiger partial charge in [0.05, 0.1) is 0 Å². The maximum Gasteiger partial charge on any atom is 0.145 e. The van der Waals surface area contributed by atoms with Gasteiger partial charge in [-0.1, -0.05) is 20.8 Å². The molecule has 0 aromatic carbocycles. The highest BCUT2D eigenvalue weighted by molar-refractivity contribution is 5.46. The van der Waals surface area contributed by atoms with Crippen molar-refractivity contribution in [3.63, 3.8) is 0 Å². The van der Waals surface area contributed by atoms with Gasteiger partial charge in [0.25, 0.3) is 0 Å². The number of hydrogen-bond acceptors (Lipinski definition) is 5. The number of nitrogen functional groups attached to an aromatic ring is 1. The van der Waals surface area contributed by atoms with Crippen LogP contribution in [0.25, 0.3) is 0 Å². The van der Waals surface area contributed by atoms with Crippen molar-refractivity contribution < 1.29 is 0 Å². The van der Waals surface area contributed by atoms with Gasteiger partial charge in [-0.25, -0.2) is 15.8 Å². The van der Waals surface area contributed by atoms with Crippen molar-refractivity contribution >= 4 is 11.6 Å². The van der Waals surface area contributed by atoms with E-state index in [-0.39, 0.29) is 0 Å². The van der Waals surface area contributed by atoms with E-state index in [4.69, 9.17) is 5.84 Å². The Morgan fingerprint density at radius 2 is 2.00 bits per heavy atom. The summed E-state index contributed by atoms with van der Waals surface area (Å²) in [4.78, 5) is 8.78. The van der Waals surface area contributed by atoms with E-state index in [1.165, 1.54) is 6.42 Å². The smallest absolute Gasteiger partial charge is 0.145 e. The van der Waals surface area contributed by atoms with Gasteiger partial charge in [0.2, 0.25) is 0 Å². The number of aryl methyl sites for hydroxylation is 1. The molecule has 5 nitrogen and oxygen atoms in total. The predicted molar refractivity (Wildman–Crippen MR) is 76.4 cm³/mol. The standard InChI is InChI=1S/C13H25N5/c1-4-6-11-16-12(9-13(17-11)18-14)15-8-5-7-10(2)3/h9-10H,4-8,14H2,1-3H3,(H2,15,16,17,18). The Bertz CT molecular complexity index is 351. The first-order valence-electron chi connectivity index (χ1n) is 6.74. The molecule has 0 saturated carbocycles. The number of nitrogens with one attached hydrogen (secondary N) is 2. The average molecular weight is 251 g/mol. The molecule has 4 N–H and O–H groups in total. The second kappa shape index (κ2) is 7.87. The quantitative estimate of drug-likeness (QED) is 0.376. The summed E-state index contributed by atoms with van der Waals surface area (Å²) >= 11 is 0. The number of hydrazine groups is 1. The minimum atomic E-state index is 0.666. The predicted octanol–water partition coefficient (Wildman–Crippen LogP) is 2.56. The zero-order valence-electron chi connectivity index (χ0n) is 11.7. The Kier molecular flexibility index (Phi) is 6.43. The molecule has 0 saturated heterocycles. The van der Waals surface area contributed by atoms with Crippen molar-refractivity contribution in [3.05, 3.63) is 11.9 Å². The van der Waals surface area contributed by atoms with E-state index < -0.39 is 0 Å². The molecule has 0 unspecified atom stereocenters. The zero-order valence-corrected chi connectivity index (χ0v) is 11.7. The molecule has 18 heavy (non-hydrogen) atoms. The molecule has 0 aliphatic carbocycles. The highest BCUT2D eigenvalue weighted by Crippen LogP contribution is 2.12. The maximum atomic E-state index is 5.41. The van der Waals surface area contributed by atoms with E-state index in [9.17, 15) is 0 Å². The first kappa shape index (κ1) is 14.7. The lowest BCUT2D eigenvalue weighted by Gasteiger charge is -2.10. The molecule has 0 spiro atoms. The van der Waals surface area contributed by atoms with Crippen LogP contribution in [-0.4, -0.2) is 16.5 Å². The van der Waals surface area contributed by atoms with Crippen LogP contribution in [0.2, 0.25) is 0 Å². The van der Waals surface area contributed by atoms with Crippen LogP contribution in [-0.2, 0) is 6.42 Å².